The monoisotopic (exact) mass is 629 g/mol. The number of halogens is 2. The summed E-state index contributed by atoms with van der Waals surface area (Å²) < 4.78 is 54.2. The van der Waals surface area contributed by atoms with Crippen LogP contribution in [-0.4, -0.2) is 56.5 Å². The molecule has 0 aliphatic carbocycles. The number of fused-ring (bicyclic) bond motifs is 2. The molecule has 3 N–H and O–H groups in total. The second-order valence-electron chi connectivity index (χ2n) is 12.0. The first-order valence-electron chi connectivity index (χ1n) is 14.0. The number of aromatic amines is 2. The van der Waals surface area contributed by atoms with Crippen molar-refractivity contribution in [2.24, 2.45) is 5.41 Å². The molecule has 0 spiro atoms. The Bertz CT molecular complexity index is 2220. The quantitative estimate of drug-likeness (QED) is 0.194. The average Bonchev–Trinajstić information content (AvgIpc) is 3.60. The number of nitrogens with zero attached hydrogens (tertiary/aromatic N) is 4. The standard InChI is InChI=1S/C32H29F2N7O3S/c1-32(2,3)31(42)37-21-14-19(15-35-16-21)22-5-6-24-25(26(22)34)28(41-40-24)30-38-27-23(7-9-36-29(27)39-30)18-11-17(12-20(33)13-18)8-10-45(4,43)44/h5-7,9,11-16H,8,10H2,1-4H3,(H,37,42)(H,40,41)(H,36,38,39). The van der Waals surface area contributed by atoms with Crippen LogP contribution in [-0.2, 0) is 21.1 Å². The normalized spacial score (nSPS) is 12.2. The van der Waals surface area contributed by atoms with Crippen LogP contribution in [0, 0.1) is 17.0 Å². The van der Waals surface area contributed by atoms with Gasteiger partial charge in [-0.3, -0.25) is 14.9 Å². The Morgan fingerprint density at radius 2 is 1.80 bits per heavy atom. The van der Waals surface area contributed by atoms with E-state index < -0.39 is 26.9 Å². The number of hydrogen-bond donors (Lipinski definition) is 3. The maximum atomic E-state index is 16.2. The van der Waals surface area contributed by atoms with Crippen LogP contribution in [0.15, 0.2) is 61.1 Å². The van der Waals surface area contributed by atoms with Gasteiger partial charge in [-0.2, -0.15) is 5.10 Å². The maximum Gasteiger partial charge on any atom is 0.229 e. The van der Waals surface area contributed by atoms with Gasteiger partial charge >= 0.3 is 0 Å². The highest BCUT2D eigenvalue weighted by Crippen LogP contribution is 2.36. The van der Waals surface area contributed by atoms with E-state index in [9.17, 15) is 17.6 Å². The predicted octanol–water partition coefficient (Wildman–Crippen LogP) is 6.08. The SMILES string of the molecule is CC(C)(C)C(=O)Nc1cncc(-c2ccc3[nH]nc(-c4nc5nccc(-c6cc(F)cc(CCS(C)(=O)=O)c6)c5[nH]4)c3c2F)c1. The number of hydrogen-bond acceptors (Lipinski definition) is 7. The molecule has 6 rings (SSSR count). The maximum absolute atomic E-state index is 16.2. The third-order valence-electron chi connectivity index (χ3n) is 7.30. The van der Waals surface area contributed by atoms with Crippen LogP contribution in [0.2, 0.25) is 0 Å². The molecule has 1 amide bonds. The number of H-pyrrole nitrogens is 2. The fourth-order valence-corrected chi connectivity index (χ4v) is 5.56. The molecule has 4 heterocycles. The largest absolute Gasteiger partial charge is 0.335 e. The number of aromatic nitrogens is 6. The highest BCUT2D eigenvalue weighted by molar-refractivity contribution is 7.90. The second-order valence-corrected chi connectivity index (χ2v) is 14.2. The van der Waals surface area contributed by atoms with Crippen LogP contribution in [0.5, 0.6) is 0 Å². The van der Waals surface area contributed by atoms with Crippen molar-refractivity contribution in [1.29, 1.82) is 0 Å². The zero-order valence-electron chi connectivity index (χ0n) is 24.9. The smallest absolute Gasteiger partial charge is 0.229 e. The molecule has 6 aromatic rings. The van der Waals surface area contributed by atoms with Gasteiger partial charge in [0.25, 0.3) is 0 Å². The van der Waals surface area contributed by atoms with E-state index in [1.54, 1.807) is 51.1 Å². The van der Waals surface area contributed by atoms with Gasteiger partial charge in [-0.25, -0.2) is 27.2 Å². The van der Waals surface area contributed by atoms with Crippen molar-refractivity contribution >= 4 is 43.5 Å². The average molecular weight is 630 g/mol. The van der Waals surface area contributed by atoms with E-state index >= 15 is 4.39 Å². The number of anilines is 1. The Balaban J connectivity index is 1.40. The molecule has 0 fully saturated rings. The molecule has 45 heavy (non-hydrogen) atoms. The molecule has 0 atom stereocenters. The van der Waals surface area contributed by atoms with Gasteiger partial charge in [0.15, 0.2) is 11.5 Å². The van der Waals surface area contributed by atoms with Gasteiger partial charge in [-0.05, 0) is 53.9 Å². The number of pyridine rings is 2. The Morgan fingerprint density at radius 1 is 1.00 bits per heavy atom. The lowest BCUT2D eigenvalue weighted by Crippen LogP contribution is -2.27. The molecule has 10 nitrogen and oxygen atoms in total. The van der Waals surface area contributed by atoms with E-state index in [-0.39, 0.29) is 40.5 Å². The Hall–Kier alpha value is -5.04. The number of rotatable bonds is 7. The number of carbonyl (C=O) groups is 1. The molecule has 2 aromatic carbocycles. The Morgan fingerprint density at radius 3 is 2.56 bits per heavy atom. The van der Waals surface area contributed by atoms with Gasteiger partial charge in [0.2, 0.25) is 5.91 Å². The van der Waals surface area contributed by atoms with Gasteiger partial charge < -0.3 is 10.3 Å². The first kappa shape index (κ1) is 30.0. The zero-order chi connectivity index (χ0) is 32.1. The minimum atomic E-state index is -3.23. The number of nitrogens with one attached hydrogen (secondary N) is 3. The lowest BCUT2D eigenvalue weighted by atomic mass is 9.95. The number of sulfone groups is 1. The van der Waals surface area contributed by atoms with Gasteiger partial charge in [0.05, 0.1) is 34.1 Å². The van der Waals surface area contributed by atoms with E-state index in [0.717, 1.165) is 6.26 Å². The van der Waals surface area contributed by atoms with Gasteiger partial charge in [-0.1, -0.05) is 26.8 Å². The molecular formula is C32H29F2N7O3S. The van der Waals surface area contributed by atoms with Gasteiger partial charge in [0, 0.05) is 40.8 Å². The molecule has 0 bridgehead atoms. The van der Waals surface area contributed by atoms with Crippen LogP contribution in [0.3, 0.4) is 0 Å². The van der Waals surface area contributed by atoms with Crippen molar-refractivity contribution in [2.45, 2.75) is 27.2 Å². The molecule has 0 saturated heterocycles. The third-order valence-corrected chi connectivity index (χ3v) is 8.25. The topological polar surface area (TPSA) is 146 Å². The molecule has 0 aliphatic rings. The number of carbonyl (C=O) groups excluding carboxylic acids is 1. The van der Waals surface area contributed by atoms with Gasteiger partial charge in [0.1, 0.15) is 27.2 Å². The molecule has 4 aromatic heterocycles. The number of aryl methyl sites for hydroxylation is 1. The zero-order valence-corrected chi connectivity index (χ0v) is 25.7. The van der Waals surface area contributed by atoms with Crippen LogP contribution in [0.4, 0.5) is 14.5 Å². The fourth-order valence-electron chi connectivity index (χ4n) is 4.96. The summed E-state index contributed by atoms with van der Waals surface area (Å²) in [6, 6.07) is 11.0. The third kappa shape index (κ3) is 6.16. The first-order chi connectivity index (χ1) is 21.3. The summed E-state index contributed by atoms with van der Waals surface area (Å²) in [5, 5.41) is 10.2. The van der Waals surface area contributed by atoms with Crippen molar-refractivity contribution in [3.63, 3.8) is 0 Å². The van der Waals surface area contributed by atoms with Crippen molar-refractivity contribution in [2.75, 3.05) is 17.3 Å². The molecule has 230 valence electrons. The first-order valence-corrected chi connectivity index (χ1v) is 16.1. The Kier molecular flexibility index (Phi) is 7.43. The van der Waals surface area contributed by atoms with Crippen molar-refractivity contribution in [3.8, 4) is 33.8 Å². The van der Waals surface area contributed by atoms with E-state index in [4.69, 9.17) is 0 Å². The minimum Gasteiger partial charge on any atom is -0.335 e. The minimum absolute atomic E-state index is 0.110. The van der Waals surface area contributed by atoms with E-state index in [0.29, 0.717) is 44.6 Å². The highest BCUT2D eigenvalue weighted by atomic mass is 32.2. The summed E-state index contributed by atoms with van der Waals surface area (Å²) in [4.78, 5) is 28.8. The van der Waals surface area contributed by atoms with Crippen LogP contribution in [0.1, 0.15) is 26.3 Å². The molecule has 0 unspecified atom stereocenters. The van der Waals surface area contributed by atoms with Crippen LogP contribution < -0.4 is 5.32 Å². The number of amides is 1. The number of benzene rings is 2. The van der Waals surface area contributed by atoms with Crippen molar-refractivity contribution < 1.29 is 22.0 Å². The van der Waals surface area contributed by atoms with E-state index in [1.165, 1.54) is 30.7 Å². The van der Waals surface area contributed by atoms with E-state index in [1.807, 2.05) is 0 Å². The molecular weight excluding hydrogens is 600 g/mol. The van der Waals surface area contributed by atoms with Crippen LogP contribution in [0.25, 0.3) is 55.8 Å². The lowest BCUT2D eigenvalue weighted by Gasteiger charge is -2.17. The fraction of sp³-hybridized carbons (Fsp3) is 0.219. The van der Waals surface area contributed by atoms with Crippen molar-refractivity contribution in [3.05, 3.63) is 78.3 Å². The summed E-state index contributed by atoms with van der Waals surface area (Å²) in [6.45, 7) is 5.38. The number of imidazole rings is 1. The van der Waals surface area contributed by atoms with Crippen LogP contribution >= 0.6 is 0 Å². The van der Waals surface area contributed by atoms with E-state index in [2.05, 4.69) is 35.5 Å². The predicted molar refractivity (Wildman–Crippen MR) is 169 cm³/mol. The Labute approximate surface area is 257 Å². The second kappa shape index (κ2) is 11.1. The summed E-state index contributed by atoms with van der Waals surface area (Å²) in [7, 11) is -3.23. The molecule has 13 heteroatoms. The van der Waals surface area contributed by atoms with Gasteiger partial charge in [-0.15, -0.1) is 0 Å². The molecule has 0 radical (unpaired) electrons. The summed E-state index contributed by atoms with van der Waals surface area (Å²) >= 11 is 0. The lowest BCUT2D eigenvalue weighted by molar-refractivity contribution is -0.123. The summed E-state index contributed by atoms with van der Waals surface area (Å²) in [6.07, 6.45) is 5.84. The summed E-state index contributed by atoms with van der Waals surface area (Å²) in [5.74, 6) is -1.14. The summed E-state index contributed by atoms with van der Waals surface area (Å²) in [5.41, 5.74) is 3.58. The molecule has 0 aliphatic heterocycles. The van der Waals surface area contributed by atoms with Crippen molar-refractivity contribution in [1.82, 2.24) is 30.1 Å². The highest BCUT2D eigenvalue weighted by Gasteiger charge is 2.23. The molecule has 0 saturated carbocycles.